The fourth-order valence-electron chi connectivity index (χ4n) is 1.53. The van der Waals surface area contributed by atoms with E-state index in [0.717, 1.165) is 18.5 Å². The van der Waals surface area contributed by atoms with Crippen LogP contribution in [0.5, 0.6) is 0 Å². The summed E-state index contributed by atoms with van der Waals surface area (Å²) >= 11 is 0. The first-order valence-corrected chi connectivity index (χ1v) is 5.57. The molecule has 0 spiro atoms. The van der Waals surface area contributed by atoms with Crippen molar-refractivity contribution in [2.45, 2.75) is 11.3 Å². The molecular weight excluding hydrogens is 185 g/mol. The summed E-state index contributed by atoms with van der Waals surface area (Å²) in [6.07, 6.45) is 0.933. The van der Waals surface area contributed by atoms with Crippen molar-refractivity contribution < 1.29 is 4.39 Å². The van der Waals surface area contributed by atoms with Crippen LogP contribution in [-0.2, 0) is 6.42 Å². The third kappa shape index (κ3) is 1.54. The Bertz CT molecular complexity index is 362. The topological polar surface area (TPSA) is 3.24 Å². The molecule has 1 aliphatic rings. The summed E-state index contributed by atoms with van der Waals surface area (Å²) in [7, 11) is 1.96. The largest absolute Gasteiger partial charge is 0.255 e. The molecule has 1 aliphatic heterocycles. The molecule has 0 saturated heterocycles. The van der Waals surface area contributed by atoms with E-state index < -0.39 is 0 Å². The molecule has 0 N–H and O–H groups in total. The van der Waals surface area contributed by atoms with Crippen molar-refractivity contribution in [2.75, 3.05) is 13.6 Å². The minimum atomic E-state index is -0.139. The maximum absolute atomic E-state index is 12.9. The average molecular weight is 197 g/mol. The molecule has 1 nitrogen and oxygen atoms in total. The summed E-state index contributed by atoms with van der Waals surface area (Å²) in [5.74, 6) is 3.94. The molecule has 1 aromatic rings. The zero-order valence-corrected chi connectivity index (χ0v) is 8.40. The van der Waals surface area contributed by atoms with Gasteiger partial charge >= 0.3 is 0 Å². The summed E-state index contributed by atoms with van der Waals surface area (Å²) in [5.41, 5.74) is 1.12. The SMILES string of the molecule is C=S1c2ccc(F)cc2CCN1C. The van der Waals surface area contributed by atoms with Crippen LogP contribution in [0.3, 0.4) is 0 Å². The van der Waals surface area contributed by atoms with Gasteiger partial charge in [0.25, 0.3) is 0 Å². The maximum Gasteiger partial charge on any atom is 0.123 e. The molecule has 0 aromatic heterocycles. The fraction of sp³-hybridized carbons (Fsp3) is 0.300. The number of halogens is 1. The number of benzene rings is 1. The monoisotopic (exact) mass is 197 g/mol. The molecule has 1 unspecified atom stereocenters. The molecule has 3 heteroatoms. The average Bonchev–Trinajstić information content (AvgIpc) is 2.12. The van der Waals surface area contributed by atoms with Crippen LogP contribution < -0.4 is 0 Å². The zero-order valence-electron chi connectivity index (χ0n) is 7.59. The van der Waals surface area contributed by atoms with E-state index in [4.69, 9.17) is 0 Å². The molecular formula is C10H12FNS. The predicted octanol–water partition coefficient (Wildman–Crippen LogP) is 2.29. The minimum absolute atomic E-state index is 0.101. The quantitative estimate of drug-likeness (QED) is 0.577. The first-order chi connectivity index (χ1) is 6.18. The van der Waals surface area contributed by atoms with Crippen LogP contribution in [0.25, 0.3) is 0 Å². The van der Waals surface area contributed by atoms with Gasteiger partial charge in [-0.15, -0.1) is 0 Å². The molecule has 0 bridgehead atoms. The molecule has 1 aromatic carbocycles. The van der Waals surface area contributed by atoms with Crippen molar-refractivity contribution in [3.05, 3.63) is 29.6 Å². The first kappa shape index (κ1) is 8.91. The second-order valence-corrected chi connectivity index (χ2v) is 5.01. The Balaban J connectivity index is 2.50. The van der Waals surface area contributed by atoms with E-state index in [2.05, 4.69) is 17.2 Å². The van der Waals surface area contributed by atoms with Crippen LogP contribution in [0, 0.1) is 5.82 Å². The van der Waals surface area contributed by atoms with E-state index in [0.29, 0.717) is 0 Å². The van der Waals surface area contributed by atoms with Crippen molar-refractivity contribution in [2.24, 2.45) is 0 Å². The molecule has 0 fully saturated rings. The van der Waals surface area contributed by atoms with Crippen molar-refractivity contribution in [3.63, 3.8) is 0 Å². The van der Waals surface area contributed by atoms with E-state index >= 15 is 0 Å². The Morgan fingerprint density at radius 2 is 2.31 bits per heavy atom. The predicted molar refractivity (Wildman–Crippen MR) is 55.7 cm³/mol. The van der Waals surface area contributed by atoms with Crippen molar-refractivity contribution in [1.82, 2.24) is 4.31 Å². The molecule has 0 radical (unpaired) electrons. The van der Waals surface area contributed by atoms with Gasteiger partial charge in [-0.2, -0.15) is 0 Å². The van der Waals surface area contributed by atoms with Crippen LogP contribution in [0.4, 0.5) is 4.39 Å². The van der Waals surface area contributed by atoms with Crippen LogP contribution in [-0.4, -0.2) is 23.8 Å². The first-order valence-electron chi connectivity index (χ1n) is 4.22. The van der Waals surface area contributed by atoms with Crippen molar-refractivity contribution in [1.29, 1.82) is 0 Å². The Kier molecular flexibility index (Phi) is 2.22. The lowest BCUT2D eigenvalue weighted by Crippen LogP contribution is -2.20. The normalized spacial score (nSPS) is 22.8. The molecule has 1 heterocycles. The van der Waals surface area contributed by atoms with E-state index in [9.17, 15) is 4.39 Å². The lowest BCUT2D eigenvalue weighted by Gasteiger charge is -2.28. The van der Waals surface area contributed by atoms with Gasteiger partial charge in [0.15, 0.2) is 0 Å². The van der Waals surface area contributed by atoms with Gasteiger partial charge in [0.2, 0.25) is 0 Å². The van der Waals surface area contributed by atoms with Gasteiger partial charge in [0.05, 0.1) is 0 Å². The highest BCUT2D eigenvalue weighted by Crippen LogP contribution is 2.35. The van der Waals surface area contributed by atoms with Crippen LogP contribution in [0.2, 0.25) is 0 Å². The van der Waals surface area contributed by atoms with E-state index in [1.165, 1.54) is 11.0 Å². The Hall–Kier alpha value is -0.670. The highest BCUT2D eigenvalue weighted by Gasteiger charge is 2.15. The molecule has 1 atom stereocenters. The summed E-state index contributed by atoms with van der Waals surface area (Å²) in [6.45, 7) is 0.975. The standard InChI is InChI=1S/C10H12FNS/c1-12-6-5-8-7-9(11)3-4-10(8)13(12)2/h3-4,7H,2,5-6H2,1H3. The summed E-state index contributed by atoms with van der Waals surface area (Å²) < 4.78 is 15.1. The molecule has 0 amide bonds. The maximum atomic E-state index is 12.9. The van der Waals surface area contributed by atoms with E-state index in [-0.39, 0.29) is 16.5 Å². The fourth-order valence-corrected chi connectivity index (χ4v) is 2.87. The summed E-state index contributed by atoms with van der Waals surface area (Å²) in [6, 6.07) is 5.01. The van der Waals surface area contributed by atoms with Crippen LogP contribution in [0.1, 0.15) is 5.56 Å². The zero-order chi connectivity index (χ0) is 9.42. The number of nitrogens with zero attached hydrogens (tertiary/aromatic N) is 1. The number of rotatable bonds is 0. The van der Waals surface area contributed by atoms with Gasteiger partial charge in [-0.25, -0.2) is 4.39 Å². The Labute approximate surface area is 80.2 Å². The second-order valence-electron chi connectivity index (χ2n) is 3.22. The highest BCUT2D eigenvalue weighted by atomic mass is 32.2. The van der Waals surface area contributed by atoms with E-state index in [1.54, 1.807) is 6.07 Å². The third-order valence-corrected chi connectivity index (χ3v) is 4.19. The van der Waals surface area contributed by atoms with Gasteiger partial charge in [0, 0.05) is 11.4 Å². The van der Waals surface area contributed by atoms with Gasteiger partial charge in [0.1, 0.15) is 5.82 Å². The van der Waals surface area contributed by atoms with E-state index in [1.807, 2.05) is 6.07 Å². The number of hydrogen-bond donors (Lipinski definition) is 0. The molecule has 0 saturated carbocycles. The summed E-state index contributed by atoms with van der Waals surface area (Å²) in [4.78, 5) is 1.19. The number of hydrogen-bond acceptors (Lipinski definition) is 1. The van der Waals surface area contributed by atoms with Crippen LogP contribution >= 0.6 is 10.7 Å². The number of likely N-dealkylation sites (N-methyl/N-ethyl adjacent to an activating group) is 1. The molecule has 70 valence electrons. The van der Waals surface area contributed by atoms with Crippen molar-refractivity contribution >= 4 is 16.5 Å². The van der Waals surface area contributed by atoms with Gasteiger partial charge in [-0.1, -0.05) is 16.5 Å². The molecule has 0 aliphatic carbocycles. The lowest BCUT2D eigenvalue weighted by molar-refractivity contribution is 0.546. The smallest absolute Gasteiger partial charge is 0.123 e. The van der Waals surface area contributed by atoms with Crippen LogP contribution in [0.15, 0.2) is 23.1 Å². The van der Waals surface area contributed by atoms with Crippen molar-refractivity contribution in [3.8, 4) is 0 Å². The van der Waals surface area contributed by atoms with Gasteiger partial charge < -0.3 is 0 Å². The molecule has 2 rings (SSSR count). The van der Waals surface area contributed by atoms with Gasteiger partial charge in [-0.05, 0) is 37.2 Å². The Morgan fingerprint density at radius 3 is 3.08 bits per heavy atom. The summed E-state index contributed by atoms with van der Waals surface area (Å²) in [5, 5.41) is 0. The lowest BCUT2D eigenvalue weighted by atomic mass is 10.1. The Morgan fingerprint density at radius 1 is 1.54 bits per heavy atom. The third-order valence-electron chi connectivity index (χ3n) is 2.35. The second kappa shape index (κ2) is 3.24. The highest BCUT2D eigenvalue weighted by molar-refractivity contribution is 8.12. The minimum Gasteiger partial charge on any atom is -0.255 e. The molecule has 13 heavy (non-hydrogen) atoms. The number of fused-ring (bicyclic) bond motifs is 1. The van der Waals surface area contributed by atoms with Gasteiger partial charge in [-0.3, -0.25) is 4.31 Å².